The molecule has 7 heteroatoms. The van der Waals surface area contributed by atoms with Gasteiger partial charge in [0.1, 0.15) is 0 Å². The van der Waals surface area contributed by atoms with Crippen LogP contribution in [0.25, 0.3) is 5.82 Å². The van der Waals surface area contributed by atoms with Crippen LogP contribution >= 0.6 is 0 Å². The molecule has 0 saturated carbocycles. The molecule has 0 aliphatic carbocycles. The maximum absolute atomic E-state index is 12.2. The summed E-state index contributed by atoms with van der Waals surface area (Å²) in [6.07, 6.45) is 3.47. The van der Waals surface area contributed by atoms with E-state index in [9.17, 15) is 4.79 Å². The van der Waals surface area contributed by atoms with Gasteiger partial charge < -0.3 is 10.2 Å². The molecular formula is C19H22N6O. The molecule has 2 amide bonds. The predicted octanol–water partition coefficient (Wildman–Crippen LogP) is 2.62. The predicted molar refractivity (Wildman–Crippen MR) is 98.8 cm³/mol. The van der Waals surface area contributed by atoms with Crippen molar-refractivity contribution >= 4 is 6.03 Å². The lowest BCUT2D eigenvalue weighted by molar-refractivity contribution is 0.206. The fraction of sp³-hybridized carbons (Fsp3) is 0.263. The molecule has 7 nitrogen and oxygen atoms in total. The van der Waals surface area contributed by atoms with Crippen molar-refractivity contribution in [3.63, 3.8) is 0 Å². The Hall–Kier alpha value is -3.22. The molecule has 0 atom stereocenters. The molecule has 0 aromatic carbocycles. The lowest BCUT2D eigenvalue weighted by atomic mass is 10.3. The van der Waals surface area contributed by atoms with Gasteiger partial charge in [-0.25, -0.2) is 14.5 Å². The summed E-state index contributed by atoms with van der Waals surface area (Å²) in [6.45, 7) is 4.82. The van der Waals surface area contributed by atoms with Gasteiger partial charge in [0.2, 0.25) is 0 Å². The van der Waals surface area contributed by atoms with E-state index in [0.29, 0.717) is 13.1 Å². The van der Waals surface area contributed by atoms with Crippen LogP contribution in [0.5, 0.6) is 0 Å². The van der Waals surface area contributed by atoms with Gasteiger partial charge >= 0.3 is 6.03 Å². The molecule has 134 valence electrons. The average Bonchev–Trinajstić information content (AvgIpc) is 2.99. The van der Waals surface area contributed by atoms with Gasteiger partial charge in [-0.1, -0.05) is 12.1 Å². The monoisotopic (exact) mass is 350 g/mol. The standard InChI is InChI=1S/C19H22N6O/c1-14-10-15(2)25(23-14)18-8-7-16(11-21-18)12-22-19(26)24(3)13-17-6-4-5-9-20-17/h4-11H,12-13H2,1-3H3,(H,22,26). The Balaban J connectivity index is 1.56. The molecule has 0 radical (unpaired) electrons. The summed E-state index contributed by atoms with van der Waals surface area (Å²) in [5, 5.41) is 7.31. The van der Waals surface area contributed by atoms with E-state index in [1.807, 2.05) is 50.2 Å². The summed E-state index contributed by atoms with van der Waals surface area (Å²) >= 11 is 0. The summed E-state index contributed by atoms with van der Waals surface area (Å²) in [4.78, 5) is 22.5. The van der Waals surface area contributed by atoms with Gasteiger partial charge in [0.25, 0.3) is 0 Å². The van der Waals surface area contributed by atoms with Crippen LogP contribution in [0.3, 0.4) is 0 Å². The second-order valence-corrected chi connectivity index (χ2v) is 6.20. The summed E-state index contributed by atoms with van der Waals surface area (Å²) in [5.41, 5.74) is 3.76. The maximum Gasteiger partial charge on any atom is 0.317 e. The Morgan fingerprint density at radius 3 is 2.65 bits per heavy atom. The summed E-state index contributed by atoms with van der Waals surface area (Å²) < 4.78 is 1.80. The minimum atomic E-state index is -0.154. The minimum Gasteiger partial charge on any atom is -0.334 e. The molecule has 0 bridgehead atoms. The Bertz CT molecular complexity index is 873. The van der Waals surface area contributed by atoms with Crippen LogP contribution in [-0.2, 0) is 13.1 Å². The number of nitrogens with one attached hydrogen (secondary N) is 1. The lowest BCUT2D eigenvalue weighted by Crippen LogP contribution is -2.36. The third kappa shape index (κ3) is 4.24. The van der Waals surface area contributed by atoms with E-state index in [1.165, 1.54) is 0 Å². The number of pyridine rings is 2. The molecule has 0 saturated heterocycles. The number of carbonyl (C=O) groups excluding carboxylic acids is 1. The zero-order chi connectivity index (χ0) is 18.5. The number of hydrogen-bond donors (Lipinski definition) is 1. The molecular weight excluding hydrogens is 328 g/mol. The molecule has 0 unspecified atom stereocenters. The third-order valence-corrected chi connectivity index (χ3v) is 3.95. The third-order valence-electron chi connectivity index (χ3n) is 3.95. The quantitative estimate of drug-likeness (QED) is 0.767. The van der Waals surface area contributed by atoms with Crippen molar-refractivity contribution in [3.8, 4) is 5.82 Å². The Labute approximate surface area is 152 Å². The molecule has 26 heavy (non-hydrogen) atoms. The molecule has 0 aliphatic heterocycles. The zero-order valence-electron chi connectivity index (χ0n) is 15.2. The first kappa shape index (κ1) is 17.6. The lowest BCUT2D eigenvalue weighted by Gasteiger charge is -2.17. The topological polar surface area (TPSA) is 75.9 Å². The zero-order valence-corrected chi connectivity index (χ0v) is 15.2. The highest BCUT2D eigenvalue weighted by Gasteiger charge is 2.10. The number of hydrogen-bond acceptors (Lipinski definition) is 4. The fourth-order valence-corrected chi connectivity index (χ4v) is 2.63. The Morgan fingerprint density at radius 1 is 1.19 bits per heavy atom. The second-order valence-electron chi connectivity index (χ2n) is 6.20. The van der Waals surface area contributed by atoms with Gasteiger partial charge in [-0.3, -0.25) is 4.98 Å². The highest BCUT2D eigenvalue weighted by atomic mass is 16.2. The first-order valence-corrected chi connectivity index (χ1v) is 8.40. The number of amides is 2. The van der Waals surface area contributed by atoms with E-state index in [-0.39, 0.29) is 6.03 Å². The van der Waals surface area contributed by atoms with Crippen LogP contribution in [0.1, 0.15) is 22.6 Å². The van der Waals surface area contributed by atoms with Crippen molar-refractivity contribution in [1.82, 2.24) is 30.0 Å². The Kier molecular flexibility index (Phi) is 5.26. The van der Waals surface area contributed by atoms with Crippen molar-refractivity contribution in [2.45, 2.75) is 26.9 Å². The Morgan fingerprint density at radius 2 is 2.04 bits per heavy atom. The first-order chi connectivity index (χ1) is 12.5. The number of aromatic nitrogens is 4. The van der Waals surface area contributed by atoms with Crippen molar-refractivity contribution in [3.05, 3.63) is 71.4 Å². The summed E-state index contributed by atoms with van der Waals surface area (Å²) in [6, 6.07) is 11.4. The van der Waals surface area contributed by atoms with Gasteiger partial charge in [-0.05, 0) is 43.7 Å². The summed E-state index contributed by atoms with van der Waals surface area (Å²) in [5.74, 6) is 0.762. The number of urea groups is 1. The van der Waals surface area contributed by atoms with Crippen LogP contribution in [0.15, 0.2) is 48.8 Å². The smallest absolute Gasteiger partial charge is 0.317 e. The highest BCUT2D eigenvalue weighted by molar-refractivity contribution is 5.73. The van der Waals surface area contributed by atoms with Crippen LogP contribution in [0.2, 0.25) is 0 Å². The van der Waals surface area contributed by atoms with Crippen molar-refractivity contribution in [2.75, 3.05) is 7.05 Å². The number of carbonyl (C=O) groups is 1. The normalized spacial score (nSPS) is 10.6. The van der Waals surface area contributed by atoms with Gasteiger partial charge in [-0.15, -0.1) is 0 Å². The average molecular weight is 350 g/mol. The molecule has 1 N–H and O–H groups in total. The molecule has 3 rings (SSSR count). The molecule has 3 heterocycles. The van der Waals surface area contributed by atoms with E-state index in [1.54, 1.807) is 29.0 Å². The highest BCUT2D eigenvalue weighted by Crippen LogP contribution is 2.10. The molecule has 0 aliphatic rings. The minimum absolute atomic E-state index is 0.154. The van der Waals surface area contributed by atoms with Crippen LogP contribution in [0, 0.1) is 13.8 Å². The van der Waals surface area contributed by atoms with Crippen molar-refractivity contribution < 1.29 is 4.79 Å². The second kappa shape index (κ2) is 7.77. The summed E-state index contributed by atoms with van der Waals surface area (Å²) in [7, 11) is 1.74. The van der Waals surface area contributed by atoms with E-state index in [4.69, 9.17) is 0 Å². The van der Waals surface area contributed by atoms with Crippen LogP contribution in [0.4, 0.5) is 4.79 Å². The van der Waals surface area contributed by atoms with E-state index < -0.39 is 0 Å². The maximum atomic E-state index is 12.2. The molecule has 3 aromatic heterocycles. The largest absolute Gasteiger partial charge is 0.334 e. The van der Waals surface area contributed by atoms with Gasteiger partial charge in [0, 0.05) is 31.7 Å². The van der Waals surface area contributed by atoms with Gasteiger partial charge in [0.05, 0.1) is 17.9 Å². The molecule has 3 aromatic rings. The van der Waals surface area contributed by atoms with Crippen LogP contribution < -0.4 is 5.32 Å². The van der Waals surface area contributed by atoms with Gasteiger partial charge in [0.15, 0.2) is 5.82 Å². The van der Waals surface area contributed by atoms with Gasteiger partial charge in [-0.2, -0.15) is 5.10 Å². The van der Waals surface area contributed by atoms with E-state index in [0.717, 1.165) is 28.5 Å². The number of aryl methyl sites for hydroxylation is 2. The molecule has 0 spiro atoms. The SMILES string of the molecule is Cc1cc(C)n(-c2ccc(CNC(=O)N(C)Cc3ccccn3)cn2)n1. The fourth-order valence-electron chi connectivity index (χ4n) is 2.63. The van der Waals surface area contributed by atoms with E-state index >= 15 is 0 Å². The van der Waals surface area contributed by atoms with Crippen LogP contribution in [-0.4, -0.2) is 37.7 Å². The number of nitrogens with zero attached hydrogens (tertiary/aromatic N) is 5. The first-order valence-electron chi connectivity index (χ1n) is 8.40. The number of rotatable bonds is 5. The molecule has 0 fully saturated rings. The van der Waals surface area contributed by atoms with E-state index in [2.05, 4.69) is 20.4 Å². The van der Waals surface area contributed by atoms with Crippen molar-refractivity contribution in [1.29, 1.82) is 0 Å². The van der Waals surface area contributed by atoms with Crippen molar-refractivity contribution in [2.24, 2.45) is 0 Å².